The Morgan fingerprint density at radius 1 is 1.20 bits per heavy atom. The summed E-state index contributed by atoms with van der Waals surface area (Å²) in [6.07, 6.45) is 0. The van der Waals surface area contributed by atoms with Crippen molar-refractivity contribution < 1.29 is 14.3 Å². The summed E-state index contributed by atoms with van der Waals surface area (Å²) < 4.78 is 5.30. The number of carbonyl (C=O) groups is 2. The molecule has 6 heteroatoms. The maximum Gasteiger partial charge on any atom is 0.258 e. The standard InChI is InChI=1S/C14H21N3O3/c1-10(2)17-13(18)8-16-14(19)9-20-12-5-3-11(7-15)4-6-12/h3-6,10H,7-9,15H2,1-2H3,(H,16,19)(H,17,18). The predicted molar refractivity (Wildman–Crippen MR) is 76.1 cm³/mol. The van der Waals surface area contributed by atoms with Crippen LogP contribution in [0.25, 0.3) is 0 Å². The summed E-state index contributed by atoms with van der Waals surface area (Å²) in [4.78, 5) is 22.8. The van der Waals surface area contributed by atoms with Gasteiger partial charge in [0.1, 0.15) is 5.75 Å². The van der Waals surface area contributed by atoms with Crippen molar-refractivity contribution in [2.75, 3.05) is 13.2 Å². The molecule has 0 atom stereocenters. The molecule has 0 aliphatic carbocycles. The molecular weight excluding hydrogens is 258 g/mol. The van der Waals surface area contributed by atoms with E-state index >= 15 is 0 Å². The minimum Gasteiger partial charge on any atom is -0.484 e. The van der Waals surface area contributed by atoms with Crippen LogP contribution in [0.2, 0.25) is 0 Å². The smallest absolute Gasteiger partial charge is 0.258 e. The van der Waals surface area contributed by atoms with Gasteiger partial charge in [-0.05, 0) is 31.5 Å². The van der Waals surface area contributed by atoms with Gasteiger partial charge in [0.15, 0.2) is 6.61 Å². The van der Waals surface area contributed by atoms with Gasteiger partial charge in [-0.1, -0.05) is 12.1 Å². The first-order valence-corrected chi connectivity index (χ1v) is 6.49. The Labute approximate surface area is 118 Å². The number of rotatable bonds is 7. The molecule has 0 unspecified atom stereocenters. The molecule has 0 saturated carbocycles. The molecule has 6 nitrogen and oxygen atoms in total. The molecule has 0 aromatic heterocycles. The second kappa shape index (κ2) is 8.16. The highest BCUT2D eigenvalue weighted by atomic mass is 16.5. The maximum absolute atomic E-state index is 11.5. The van der Waals surface area contributed by atoms with Gasteiger partial charge in [0.25, 0.3) is 5.91 Å². The molecular formula is C14H21N3O3. The number of nitrogens with two attached hydrogens (primary N) is 1. The van der Waals surface area contributed by atoms with Gasteiger partial charge in [0.2, 0.25) is 5.91 Å². The summed E-state index contributed by atoms with van der Waals surface area (Å²) >= 11 is 0. The van der Waals surface area contributed by atoms with Crippen molar-refractivity contribution in [1.82, 2.24) is 10.6 Å². The minimum atomic E-state index is -0.341. The zero-order valence-electron chi connectivity index (χ0n) is 11.8. The van der Waals surface area contributed by atoms with E-state index in [4.69, 9.17) is 10.5 Å². The van der Waals surface area contributed by atoms with E-state index < -0.39 is 0 Å². The van der Waals surface area contributed by atoms with Gasteiger partial charge in [-0.3, -0.25) is 9.59 Å². The lowest BCUT2D eigenvalue weighted by molar-refractivity contribution is -0.127. The molecule has 0 spiro atoms. The molecule has 0 heterocycles. The zero-order valence-corrected chi connectivity index (χ0v) is 11.8. The van der Waals surface area contributed by atoms with Crippen LogP contribution in [0.1, 0.15) is 19.4 Å². The van der Waals surface area contributed by atoms with Gasteiger partial charge in [0.05, 0.1) is 6.54 Å². The minimum absolute atomic E-state index is 0.0491. The molecule has 0 fully saturated rings. The highest BCUT2D eigenvalue weighted by Gasteiger charge is 2.07. The summed E-state index contributed by atoms with van der Waals surface area (Å²) in [6, 6.07) is 7.23. The van der Waals surface area contributed by atoms with E-state index in [9.17, 15) is 9.59 Å². The summed E-state index contributed by atoms with van der Waals surface area (Å²) in [6.45, 7) is 4.00. The van der Waals surface area contributed by atoms with E-state index in [0.29, 0.717) is 12.3 Å². The van der Waals surface area contributed by atoms with Gasteiger partial charge >= 0.3 is 0 Å². The summed E-state index contributed by atoms with van der Waals surface area (Å²) in [5.74, 6) is 0.0245. The quantitative estimate of drug-likeness (QED) is 0.663. The van der Waals surface area contributed by atoms with Gasteiger partial charge in [-0.2, -0.15) is 0 Å². The average Bonchev–Trinajstić information content (AvgIpc) is 2.42. The Morgan fingerprint density at radius 2 is 1.85 bits per heavy atom. The molecule has 110 valence electrons. The van der Waals surface area contributed by atoms with Crippen molar-refractivity contribution in [2.45, 2.75) is 26.4 Å². The van der Waals surface area contributed by atoms with Crippen LogP contribution in [0, 0.1) is 0 Å². The number of benzene rings is 1. The first-order valence-electron chi connectivity index (χ1n) is 6.49. The Hall–Kier alpha value is -2.08. The topological polar surface area (TPSA) is 93.5 Å². The summed E-state index contributed by atoms with van der Waals surface area (Å²) in [7, 11) is 0. The number of hydrogen-bond donors (Lipinski definition) is 3. The number of hydrogen-bond acceptors (Lipinski definition) is 4. The number of ether oxygens (including phenoxy) is 1. The highest BCUT2D eigenvalue weighted by Crippen LogP contribution is 2.11. The van der Waals surface area contributed by atoms with Gasteiger partial charge < -0.3 is 21.1 Å². The number of carbonyl (C=O) groups excluding carboxylic acids is 2. The Balaban J connectivity index is 2.27. The third-order valence-corrected chi connectivity index (χ3v) is 2.42. The highest BCUT2D eigenvalue weighted by molar-refractivity contribution is 5.85. The Morgan fingerprint density at radius 3 is 2.40 bits per heavy atom. The lowest BCUT2D eigenvalue weighted by Gasteiger charge is -2.10. The zero-order chi connectivity index (χ0) is 15.0. The first kappa shape index (κ1) is 16.0. The van der Waals surface area contributed by atoms with Gasteiger partial charge in [0, 0.05) is 12.6 Å². The molecule has 0 aliphatic rings. The van der Waals surface area contributed by atoms with E-state index in [1.54, 1.807) is 12.1 Å². The molecule has 1 aromatic carbocycles. The lowest BCUT2D eigenvalue weighted by atomic mass is 10.2. The third-order valence-electron chi connectivity index (χ3n) is 2.42. The van der Waals surface area contributed by atoms with Crippen LogP contribution in [-0.2, 0) is 16.1 Å². The van der Waals surface area contributed by atoms with E-state index in [1.165, 1.54) is 0 Å². The Bertz CT molecular complexity index is 443. The van der Waals surface area contributed by atoms with Crippen LogP contribution in [0.15, 0.2) is 24.3 Å². The molecule has 2 amide bonds. The van der Waals surface area contributed by atoms with Crippen LogP contribution < -0.4 is 21.1 Å². The average molecular weight is 279 g/mol. The summed E-state index contributed by atoms with van der Waals surface area (Å²) in [5.41, 5.74) is 6.47. The van der Waals surface area contributed by atoms with Crippen molar-refractivity contribution in [2.24, 2.45) is 5.73 Å². The van der Waals surface area contributed by atoms with E-state index in [0.717, 1.165) is 5.56 Å². The van der Waals surface area contributed by atoms with E-state index in [2.05, 4.69) is 10.6 Å². The molecule has 0 aliphatic heterocycles. The van der Waals surface area contributed by atoms with Crippen LogP contribution in [-0.4, -0.2) is 31.0 Å². The lowest BCUT2D eigenvalue weighted by Crippen LogP contribution is -2.41. The van der Waals surface area contributed by atoms with Crippen molar-refractivity contribution in [3.63, 3.8) is 0 Å². The number of nitrogens with one attached hydrogen (secondary N) is 2. The molecule has 0 saturated heterocycles. The van der Waals surface area contributed by atoms with Gasteiger partial charge in [-0.15, -0.1) is 0 Å². The van der Waals surface area contributed by atoms with E-state index in [-0.39, 0.29) is 31.0 Å². The van der Waals surface area contributed by atoms with E-state index in [1.807, 2.05) is 26.0 Å². The van der Waals surface area contributed by atoms with Crippen LogP contribution in [0.4, 0.5) is 0 Å². The fourth-order valence-electron chi connectivity index (χ4n) is 1.47. The van der Waals surface area contributed by atoms with Gasteiger partial charge in [-0.25, -0.2) is 0 Å². The second-order valence-electron chi connectivity index (χ2n) is 4.64. The second-order valence-corrected chi connectivity index (χ2v) is 4.64. The Kier molecular flexibility index (Phi) is 6.52. The third kappa shape index (κ3) is 6.19. The van der Waals surface area contributed by atoms with Crippen molar-refractivity contribution in [1.29, 1.82) is 0 Å². The van der Waals surface area contributed by atoms with Crippen molar-refractivity contribution in [3.8, 4) is 5.75 Å². The van der Waals surface area contributed by atoms with Crippen molar-refractivity contribution in [3.05, 3.63) is 29.8 Å². The van der Waals surface area contributed by atoms with Crippen molar-refractivity contribution >= 4 is 11.8 Å². The fraction of sp³-hybridized carbons (Fsp3) is 0.429. The predicted octanol–water partition coefficient (Wildman–Crippen LogP) is 0.165. The van der Waals surface area contributed by atoms with Crippen LogP contribution in [0.3, 0.4) is 0 Å². The monoisotopic (exact) mass is 279 g/mol. The molecule has 0 radical (unpaired) electrons. The maximum atomic E-state index is 11.5. The first-order chi connectivity index (χ1) is 9.51. The SMILES string of the molecule is CC(C)NC(=O)CNC(=O)COc1ccc(CN)cc1. The number of amides is 2. The molecule has 1 rings (SSSR count). The van der Waals surface area contributed by atoms with Crippen LogP contribution in [0.5, 0.6) is 5.75 Å². The largest absolute Gasteiger partial charge is 0.484 e. The normalized spacial score (nSPS) is 10.2. The summed E-state index contributed by atoms with van der Waals surface area (Å²) in [5, 5.41) is 5.16. The molecule has 4 N–H and O–H groups in total. The molecule has 1 aromatic rings. The van der Waals surface area contributed by atoms with Crippen LogP contribution >= 0.6 is 0 Å². The fourth-order valence-corrected chi connectivity index (χ4v) is 1.47. The molecule has 20 heavy (non-hydrogen) atoms. The molecule has 0 bridgehead atoms.